The topological polar surface area (TPSA) is 98.2 Å². The largest absolute Gasteiger partial charge is 0.497 e. The smallest absolute Gasteiger partial charge is 0.251 e. The third-order valence-electron chi connectivity index (χ3n) is 4.08. The van der Waals surface area contributed by atoms with Crippen molar-refractivity contribution in [2.75, 3.05) is 20.3 Å². The Hall–Kier alpha value is -3.07. The number of carbonyl (C=O) groups is 2. The zero-order valence-electron chi connectivity index (χ0n) is 18.6. The minimum absolute atomic E-state index is 0.00507. The normalized spacial score (nSPS) is 10.8. The van der Waals surface area contributed by atoms with Crippen LogP contribution >= 0.6 is 15.9 Å². The first-order chi connectivity index (χ1) is 15.3. The zero-order valence-corrected chi connectivity index (χ0v) is 20.2. The summed E-state index contributed by atoms with van der Waals surface area (Å²) in [5.74, 6) is 1.29. The molecule has 0 radical (unpaired) electrons. The molecule has 8 nitrogen and oxygen atoms in total. The molecule has 2 N–H and O–H groups in total. The lowest BCUT2D eigenvalue weighted by atomic mass is 10.2. The fourth-order valence-electron chi connectivity index (χ4n) is 2.64. The van der Waals surface area contributed by atoms with E-state index in [9.17, 15) is 9.59 Å². The number of benzene rings is 2. The second-order valence-corrected chi connectivity index (χ2v) is 7.81. The van der Waals surface area contributed by atoms with Crippen molar-refractivity contribution in [3.8, 4) is 17.2 Å². The second-order valence-electron chi connectivity index (χ2n) is 6.96. The minimum Gasteiger partial charge on any atom is -0.497 e. The number of amides is 2. The average Bonchev–Trinajstić information content (AvgIpc) is 2.76. The van der Waals surface area contributed by atoms with Gasteiger partial charge in [0.25, 0.3) is 5.91 Å². The summed E-state index contributed by atoms with van der Waals surface area (Å²) in [6.45, 7) is 6.44. The molecule has 0 spiro atoms. The molecule has 2 aromatic carbocycles. The molecule has 2 amide bonds. The average molecular weight is 506 g/mol. The number of carbonyl (C=O) groups excluding carboxylic acids is 2. The van der Waals surface area contributed by atoms with E-state index >= 15 is 0 Å². The molecule has 0 fully saturated rings. The molecule has 0 unspecified atom stereocenters. The van der Waals surface area contributed by atoms with E-state index in [0.29, 0.717) is 29.4 Å². The van der Waals surface area contributed by atoms with Crippen LogP contribution in [0.5, 0.6) is 17.2 Å². The van der Waals surface area contributed by atoms with Crippen molar-refractivity contribution < 1.29 is 23.8 Å². The molecule has 172 valence electrons. The van der Waals surface area contributed by atoms with Crippen LogP contribution in [0.1, 0.15) is 43.1 Å². The number of nitrogens with one attached hydrogen (secondary N) is 2. The molecule has 2 rings (SSSR count). The van der Waals surface area contributed by atoms with Crippen LogP contribution in [-0.2, 0) is 4.79 Å². The van der Waals surface area contributed by atoms with Crippen molar-refractivity contribution in [2.24, 2.45) is 5.10 Å². The minimum atomic E-state index is -0.319. The number of ether oxygens (including phenoxy) is 3. The van der Waals surface area contributed by atoms with Crippen LogP contribution < -0.4 is 25.0 Å². The van der Waals surface area contributed by atoms with E-state index in [1.807, 2.05) is 26.8 Å². The SMILES string of the molecule is CCOc1cc(C=NNC(=O)CCNC(=O)c2ccc(OC)cc2)cc(Br)c1OC(C)C. The van der Waals surface area contributed by atoms with Gasteiger partial charge in [-0.15, -0.1) is 0 Å². The van der Waals surface area contributed by atoms with Gasteiger partial charge in [0.1, 0.15) is 5.75 Å². The number of hydrogen-bond donors (Lipinski definition) is 2. The Kier molecular flexibility index (Phi) is 10.0. The Morgan fingerprint density at radius 2 is 1.91 bits per heavy atom. The number of methoxy groups -OCH3 is 1. The molecule has 32 heavy (non-hydrogen) atoms. The molecular formula is C23H28BrN3O5. The van der Waals surface area contributed by atoms with Gasteiger partial charge in [0.2, 0.25) is 5.91 Å². The number of hydrogen-bond acceptors (Lipinski definition) is 6. The Bertz CT molecular complexity index is 945. The van der Waals surface area contributed by atoms with Crippen molar-refractivity contribution >= 4 is 34.0 Å². The Morgan fingerprint density at radius 3 is 2.53 bits per heavy atom. The van der Waals surface area contributed by atoms with Crippen molar-refractivity contribution in [3.05, 3.63) is 52.0 Å². The first-order valence-electron chi connectivity index (χ1n) is 10.2. The lowest BCUT2D eigenvalue weighted by Gasteiger charge is -2.16. The highest BCUT2D eigenvalue weighted by atomic mass is 79.9. The summed E-state index contributed by atoms with van der Waals surface area (Å²) in [5, 5.41) is 6.68. The summed E-state index contributed by atoms with van der Waals surface area (Å²) in [6.07, 6.45) is 1.60. The molecule has 0 atom stereocenters. The van der Waals surface area contributed by atoms with E-state index in [1.165, 1.54) is 6.21 Å². The van der Waals surface area contributed by atoms with Crippen LogP contribution in [0.4, 0.5) is 0 Å². The molecule has 2 aromatic rings. The molecule has 0 saturated heterocycles. The Labute approximate surface area is 196 Å². The van der Waals surface area contributed by atoms with Gasteiger partial charge >= 0.3 is 0 Å². The maximum atomic E-state index is 12.1. The van der Waals surface area contributed by atoms with Crippen molar-refractivity contribution in [3.63, 3.8) is 0 Å². The third-order valence-corrected chi connectivity index (χ3v) is 4.67. The maximum Gasteiger partial charge on any atom is 0.251 e. The van der Waals surface area contributed by atoms with Crippen LogP contribution in [-0.4, -0.2) is 44.4 Å². The predicted octanol–water partition coefficient (Wildman–Crippen LogP) is 3.91. The number of nitrogens with zero attached hydrogens (tertiary/aromatic N) is 1. The third kappa shape index (κ3) is 7.88. The number of halogens is 1. The summed E-state index contributed by atoms with van der Waals surface area (Å²) in [7, 11) is 1.56. The highest BCUT2D eigenvalue weighted by molar-refractivity contribution is 9.10. The van der Waals surface area contributed by atoms with Crippen LogP contribution in [0.3, 0.4) is 0 Å². The fourth-order valence-corrected chi connectivity index (χ4v) is 3.20. The van der Waals surface area contributed by atoms with E-state index in [2.05, 4.69) is 31.8 Å². The Balaban J connectivity index is 1.86. The van der Waals surface area contributed by atoms with Gasteiger partial charge in [-0.05, 0) is 78.7 Å². The molecule has 0 bridgehead atoms. The monoisotopic (exact) mass is 505 g/mol. The van der Waals surface area contributed by atoms with E-state index in [4.69, 9.17) is 14.2 Å². The summed E-state index contributed by atoms with van der Waals surface area (Å²) in [6, 6.07) is 10.3. The molecule has 0 saturated carbocycles. The van der Waals surface area contributed by atoms with E-state index in [-0.39, 0.29) is 30.9 Å². The Morgan fingerprint density at radius 1 is 1.19 bits per heavy atom. The van der Waals surface area contributed by atoms with E-state index < -0.39 is 0 Å². The van der Waals surface area contributed by atoms with Crippen LogP contribution in [0.25, 0.3) is 0 Å². The van der Waals surface area contributed by atoms with Crippen molar-refractivity contribution in [1.29, 1.82) is 0 Å². The maximum absolute atomic E-state index is 12.1. The van der Waals surface area contributed by atoms with Gasteiger partial charge in [-0.1, -0.05) is 0 Å². The zero-order chi connectivity index (χ0) is 23.5. The lowest BCUT2D eigenvalue weighted by molar-refractivity contribution is -0.120. The van der Waals surface area contributed by atoms with Gasteiger partial charge in [0, 0.05) is 18.5 Å². The summed E-state index contributed by atoms with van der Waals surface area (Å²) < 4.78 is 17.3. The van der Waals surface area contributed by atoms with Gasteiger partial charge in [-0.2, -0.15) is 5.10 Å². The highest BCUT2D eigenvalue weighted by Gasteiger charge is 2.13. The van der Waals surface area contributed by atoms with Gasteiger partial charge in [0.15, 0.2) is 11.5 Å². The summed E-state index contributed by atoms with van der Waals surface area (Å²) in [5.41, 5.74) is 3.67. The molecule has 0 aliphatic carbocycles. The summed E-state index contributed by atoms with van der Waals surface area (Å²) in [4.78, 5) is 24.1. The van der Waals surface area contributed by atoms with Crippen LogP contribution in [0.15, 0.2) is 46.0 Å². The lowest BCUT2D eigenvalue weighted by Crippen LogP contribution is -2.29. The summed E-state index contributed by atoms with van der Waals surface area (Å²) >= 11 is 3.49. The standard InChI is InChI=1S/C23H28BrN3O5/c1-5-31-20-13-16(12-19(24)22(20)32-15(2)3)14-26-27-21(28)10-11-25-23(29)17-6-8-18(30-4)9-7-17/h6-9,12-15H,5,10-11H2,1-4H3,(H,25,29)(H,27,28). The predicted molar refractivity (Wildman–Crippen MR) is 127 cm³/mol. The quantitative estimate of drug-likeness (QED) is 0.356. The van der Waals surface area contributed by atoms with Crippen LogP contribution in [0.2, 0.25) is 0 Å². The molecule has 0 aliphatic heterocycles. The van der Waals surface area contributed by atoms with Gasteiger partial charge < -0.3 is 19.5 Å². The van der Waals surface area contributed by atoms with Gasteiger partial charge in [-0.3, -0.25) is 9.59 Å². The highest BCUT2D eigenvalue weighted by Crippen LogP contribution is 2.37. The first kappa shape index (κ1) is 25.2. The van der Waals surface area contributed by atoms with Crippen molar-refractivity contribution in [1.82, 2.24) is 10.7 Å². The molecule has 0 heterocycles. The van der Waals surface area contributed by atoms with Crippen molar-refractivity contribution in [2.45, 2.75) is 33.3 Å². The molecule has 0 aromatic heterocycles. The van der Waals surface area contributed by atoms with Gasteiger partial charge in [0.05, 0.1) is 30.5 Å². The van der Waals surface area contributed by atoms with Gasteiger partial charge in [-0.25, -0.2) is 5.43 Å². The first-order valence-corrected chi connectivity index (χ1v) is 11.0. The molecular weight excluding hydrogens is 478 g/mol. The van der Waals surface area contributed by atoms with E-state index in [1.54, 1.807) is 37.4 Å². The second kappa shape index (κ2) is 12.7. The number of hydrazone groups is 1. The molecule has 0 aliphatic rings. The van der Waals surface area contributed by atoms with E-state index in [0.717, 1.165) is 10.0 Å². The van der Waals surface area contributed by atoms with Crippen LogP contribution in [0, 0.1) is 0 Å². The fraction of sp³-hybridized carbons (Fsp3) is 0.348. The number of rotatable bonds is 11. The molecule has 9 heteroatoms.